The van der Waals surface area contributed by atoms with Crippen LogP contribution in [0.4, 0.5) is 0 Å². The maximum absolute atomic E-state index is 13.0. The normalized spacial score (nSPS) is 18.2. The van der Waals surface area contributed by atoms with Gasteiger partial charge in [0.05, 0.1) is 5.36 Å². The average molecular weight is 444 g/mol. The number of unbranched alkanes of at least 4 members (excludes halogenated alkanes) is 1. The number of rotatable bonds is 4. The molecule has 2 aromatic rings. The monoisotopic (exact) mass is 443 g/mol. The summed E-state index contributed by atoms with van der Waals surface area (Å²) in [5, 5.41) is 11.6. The summed E-state index contributed by atoms with van der Waals surface area (Å²) in [5.74, 6) is 0.759. The Morgan fingerprint density at radius 3 is 2.85 bits per heavy atom. The summed E-state index contributed by atoms with van der Waals surface area (Å²) < 4.78 is 0.895. The molecule has 0 spiro atoms. The van der Waals surface area contributed by atoms with Gasteiger partial charge in [0.15, 0.2) is 11.3 Å². The molecule has 1 aromatic carbocycles. The number of aromatic nitrogens is 1. The molecule has 2 aliphatic heterocycles. The number of thioether (sulfide) groups is 1. The van der Waals surface area contributed by atoms with Crippen LogP contribution in [0.3, 0.4) is 0 Å². The van der Waals surface area contributed by atoms with Crippen molar-refractivity contribution in [3.05, 3.63) is 63.3 Å². The smallest absolute Gasteiger partial charge is 0.276 e. The second-order valence-corrected chi connectivity index (χ2v) is 8.20. The SMILES string of the molecule is CCCCSC1=NN2C(=c3cc(Br)ccc3=N[C@H]2c2ccncc2)C(=O)N1. The van der Waals surface area contributed by atoms with Crippen LogP contribution >= 0.6 is 27.7 Å². The number of nitrogens with zero attached hydrogens (tertiary/aromatic N) is 4. The third kappa shape index (κ3) is 3.64. The number of hydrogen-bond acceptors (Lipinski definition) is 6. The van der Waals surface area contributed by atoms with E-state index in [4.69, 9.17) is 10.1 Å². The molecule has 6 nitrogen and oxygen atoms in total. The van der Waals surface area contributed by atoms with Crippen molar-refractivity contribution in [3.63, 3.8) is 0 Å². The Labute approximate surface area is 169 Å². The number of amides is 1. The van der Waals surface area contributed by atoms with Gasteiger partial charge in [0.25, 0.3) is 5.91 Å². The lowest BCUT2D eigenvalue weighted by molar-refractivity contribution is -0.116. The minimum atomic E-state index is -0.399. The minimum Gasteiger partial charge on any atom is -0.298 e. The molecule has 1 aromatic heterocycles. The third-order valence-corrected chi connectivity index (χ3v) is 5.75. The van der Waals surface area contributed by atoms with E-state index < -0.39 is 6.17 Å². The Balaban J connectivity index is 1.86. The van der Waals surface area contributed by atoms with Crippen molar-refractivity contribution in [2.75, 3.05) is 5.75 Å². The van der Waals surface area contributed by atoms with E-state index in [9.17, 15) is 4.79 Å². The number of amidine groups is 1. The summed E-state index contributed by atoms with van der Waals surface area (Å²) in [6.07, 6.45) is 5.23. The molecule has 0 bridgehead atoms. The molecule has 0 aliphatic carbocycles. The van der Waals surface area contributed by atoms with Crippen LogP contribution in [-0.2, 0) is 4.79 Å². The summed E-state index contributed by atoms with van der Waals surface area (Å²) in [5.41, 5.74) is 1.45. The van der Waals surface area contributed by atoms with Crippen molar-refractivity contribution in [1.29, 1.82) is 0 Å². The summed E-state index contributed by atoms with van der Waals surface area (Å²) in [4.78, 5) is 21.9. The predicted octanol–water partition coefficient (Wildman–Crippen LogP) is 2.52. The molecule has 0 fully saturated rings. The summed E-state index contributed by atoms with van der Waals surface area (Å²) in [6.45, 7) is 2.14. The maximum atomic E-state index is 13.0. The lowest BCUT2D eigenvalue weighted by Crippen LogP contribution is -2.50. The molecule has 3 heterocycles. The molecule has 1 atom stereocenters. The highest BCUT2D eigenvalue weighted by Gasteiger charge is 2.34. The molecule has 0 saturated heterocycles. The lowest BCUT2D eigenvalue weighted by Gasteiger charge is -2.34. The maximum Gasteiger partial charge on any atom is 0.276 e. The van der Waals surface area contributed by atoms with Crippen LogP contribution in [0, 0.1) is 0 Å². The Bertz CT molecular complexity index is 1020. The summed E-state index contributed by atoms with van der Waals surface area (Å²) in [6, 6.07) is 9.57. The second kappa shape index (κ2) is 7.82. The largest absolute Gasteiger partial charge is 0.298 e. The zero-order chi connectivity index (χ0) is 18.8. The van der Waals surface area contributed by atoms with Crippen LogP contribution in [0.25, 0.3) is 5.70 Å². The van der Waals surface area contributed by atoms with Crippen molar-refractivity contribution < 1.29 is 4.79 Å². The molecular formula is C19H18BrN5OS. The average Bonchev–Trinajstić information content (AvgIpc) is 2.68. The van der Waals surface area contributed by atoms with Crippen LogP contribution < -0.4 is 15.9 Å². The highest BCUT2D eigenvalue weighted by Crippen LogP contribution is 2.30. The number of carbonyl (C=O) groups is 1. The third-order valence-electron chi connectivity index (χ3n) is 4.31. The molecule has 0 radical (unpaired) electrons. The number of nitrogens with one attached hydrogen (secondary N) is 1. The number of pyridine rings is 1. The fraction of sp³-hybridized carbons (Fsp3) is 0.263. The van der Waals surface area contributed by atoms with Gasteiger partial charge in [-0.3, -0.25) is 20.1 Å². The van der Waals surface area contributed by atoms with Gasteiger partial charge in [-0.2, -0.15) is 0 Å². The minimum absolute atomic E-state index is 0.155. The van der Waals surface area contributed by atoms with Gasteiger partial charge in [-0.25, -0.2) is 5.01 Å². The first-order valence-corrected chi connectivity index (χ1v) is 10.5. The first kappa shape index (κ1) is 18.2. The molecule has 2 aliphatic rings. The van der Waals surface area contributed by atoms with Crippen LogP contribution in [0.5, 0.6) is 0 Å². The molecule has 0 unspecified atom stereocenters. The first-order chi connectivity index (χ1) is 13.2. The van der Waals surface area contributed by atoms with Crippen LogP contribution in [0.2, 0.25) is 0 Å². The number of hydrogen-bond donors (Lipinski definition) is 1. The van der Waals surface area contributed by atoms with Gasteiger partial charge in [-0.15, -0.1) is 5.10 Å². The second-order valence-electron chi connectivity index (χ2n) is 6.20. The molecule has 138 valence electrons. The van der Waals surface area contributed by atoms with Crippen LogP contribution in [0.1, 0.15) is 31.5 Å². The van der Waals surface area contributed by atoms with Crippen molar-refractivity contribution in [2.24, 2.45) is 10.1 Å². The fourth-order valence-electron chi connectivity index (χ4n) is 2.98. The van der Waals surface area contributed by atoms with E-state index in [2.05, 4.69) is 33.2 Å². The number of hydrazone groups is 1. The van der Waals surface area contributed by atoms with Gasteiger partial charge in [-0.05, 0) is 36.8 Å². The highest BCUT2D eigenvalue weighted by atomic mass is 79.9. The van der Waals surface area contributed by atoms with Gasteiger partial charge in [-0.1, -0.05) is 41.0 Å². The fourth-order valence-corrected chi connectivity index (χ4v) is 4.28. The highest BCUT2D eigenvalue weighted by molar-refractivity contribution is 9.10. The zero-order valence-corrected chi connectivity index (χ0v) is 17.1. The zero-order valence-electron chi connectivity index (χ0n) is 14.7. The van der Waals surface area contributed by atoms with Crippen molar-refractivity contribution in [3.8, 4) is 0 Å². The van der Waals surface area contributed by atoms with Gasteiger partial charge >= 0.3 is 0 Å². The van der Waals surface area contributed by atoms with Gasteiger partial charge in [0.1, 0.15) is 5.70 Å². The van der Waals surface area contributed by atoms with E-state index in [0.29, 0.717) is 10.9 Å². The molecule has 8 heteroatoms. The summed E-state index contributed by atoms with van der Waals surface area (Å²) in [7, 11) is 0. The number of carbonyl (C=O) groups excluding carboxylic acids is 1. The van der Waals surface area contributed by atoms with Crippen molar-refractivity contribution in [1.82, 2.24) is 15.3 Å². The Morgan fingerprint density at radius 2 is 2.07 bits per heavy atom. The summed E-state index contributed by atoms with van der Waals surface area (Å²) >= 11 is 5.05. The van der Waals surface area contributed by atoms with E-state index in [0.717, 1.165) is 39.2 Å². The predicted molar refractivity (Wildman–Crippen MR) is 110 cm³/mol. The molecule has 27 heavy (non-hydrogen) atoms. The van der Waals surface area contributed by atoms with E-state index in [1.165, 1.54) is 0 Å². The Morgan fingerprint density at radius 1 is 1.26 bits per heavy atom. The van der Waals surface area contributed by atoms with Gasteiger partial charge in [0.2, 0.25) is 0 Å². The molecule has 1 amide bonds. The lowest BCUT2D eigenvalue weighted by atomic mass is 10.1. The molecular weight excluding hydrogens is 426 g/mol. The number of benzene rings is 1. The van der Waals surface area contributed by atoms with Crippen LogP contribution in [0.15, 0.2) is 57.3 Å². The number of halogens is 1. The van der Waals surface area contributed by atoms with Crippen molar-refractivity contribution in [2.45, 2.75) is 25.9 Å². The van der Waals surface area contributed by atoms with Crippen molar-refractivity contribution >= 4 is 44.5 Å². The first-order valence-electron chi connectivity index (χ1n) is 8.77. The van der Waals surface area contributed by atoms with Gasteiger partial charge < -0.3 is 0 Å². The Hall–Kier alpha value is -2.19. The van der Waals surface area contributed by atoms with E-state index in [1.54, 1.807) is 29.2 Å². The standard InChI is InChI=1S/C19H18BrN5OS/c1-2-3-10-27-19-23-18(26)16-14-11-13(20)4-5-15(14)22-17(25(16)24-19)12-6-8-21-9-7-12/h4-9,11,17H,2-3,10H2,1H3,(H,23,24,26)/t17-/m1/s1. The topological polar surface area (TPSA) is 70.0 Å². The van der Waals surface area contributed by atoms with E-state index >= 15 is 0 Å². The molecule has 0 saturated carbocycles. The molecule has 4 rings (SSSR count). The van der Waals surface area contributed by atoms with E-state index in [1.807, 2.05) is 30.3 Å². The Kier molecular flexibility index (Phi) is 5.27. The quantitative estimate of drug-likeness (QED) is 0.736. The van der Waals surface area contributed by atoms with E-state index in [-0.39, 0.29) is 5.91 Å². The van der Waals surface area contributed by atoms with Crippen LogP contribution in [-0.4, -0.2) is 26.8 Å². The van der Waals surface area contributed by atoms with Gasteiger partial charge in [0, 0.05) is 33.4 Å². The molecule has 1 N–H and O–H groups in total. The number of fused-ring (bicyclic) bond motifs is 2.